The Morgan fingerprint density at radius 3 is 2.75 bits per heavy atom. The maximum Gasteiger partial charge on any atom is 0.0865 e. The van der Waals surface area contributed by atoms with E-state index in [2.05, 4.69) is 52.3 Å². The summed E-state index contributed by atoms with van der Waals surface area (Å²) in [5.41, 5.74) is 4.36. The van der Waals surface area contributed by atoms with Gasteiger partial charge in [-0.2, -0.15) is 5.10 Å². The van der Waals surface area contributed by atoms with Gasteiger partial charge in [0.15, 0.2) is 0 Å². The summed E-state index contributed by atoms with van der Waals surface area (Å²) in [4.78, 5) is 0. The second-order valence-electron chi connectivity index (χ2n) is 4.67. The molecule has 1 aromatic carbocycles. The summed E-state index contributed by atoms with van der Waals surface area (Å²) in [5, 5.41) is 8.66. The number of aryl methyl sites for hydroxylation is 3. The molecule has 0 aliphatic heterocycles. The summed E-state index contributed by atoms with van der Waals surface area (Å²) < 4.78 is 3.06. The summed E-state index contributed by atoms with van der Waals surface area (Å²) in [6.45, 7) is 7.67. The maximum atomic E-state index is 6.33. The van der Waals surface area contributed by atoms with E-state index in [4.69, 9.17) is 11.6 Å². The number of halogens is 2. The average molecular weight is 357 g/mol. The van der Waals surface area contributed by atoms with Crippen LogP contribution in [0.2, 0.25) is 5.02 Å². The van der Waals surface area contributed by atoms with Crippen molar-refractivity contribution < 1.29 is 0 Å². The second-order valence-corrected chi connectivity index (χ2v) is 5.96. The van der Waals surface area contributed by atoms with Gasteiger partial charge in [0.25, 0.3) is 0 Å². The van der Waals surface area contributed by atoms with Crippen molar-refractivity contribution >= 4 is 33.2 Å². The average Bonchev–Trinajstić information content (AvgIpc) is 2.72. The Morgan fingerprint density at radius 1 is 1.35 bits per heavy atom. The minimum Gasteiger partial charge on any atom is -0.379 e. The fourth-order valence-electron chi connectivity index (χ4n) is 2.24. The van der Waals surface area contributed by atoms with Crippen molar-refractivity contribution in [3.63, 3.8) is 0 Å². The molecule has 0 spiro atoms. The number of nitrogens with one attached hydrogen (secondary N) is 1. The Balaban J connectivity index is 2.21. The second kappa shape index (κ2) is 6.64. The number of anilines is 1. The van der Waals surface area contributed by atoms with Crippen LogP contribution in [0.1, 0.15) is 30.8 Å². The summed E-state index contributed by atoms with van der Waals surface area (Å²) in [5.74, 6) is 0. The molecule has 0 aliphatic carbocycles. The first-order valence-electron chi connectivity index (χ1n) is 6.80. The van der Waals surface area contributed by atoms with Crippen molar-refractivity contribution in [3.8, 4) is 0 Å². The lowest BCUT2D eigenvalue weighted by atomic mass is 10.1. The van der Waals surface area contributed by atoms with Gasteiger partial charge >= 0.3 is 0 Å². The molecular formula is C15H19BrClN3. The molecule has 2 rings (SSSR count). The molecule has 0 radical (unpaired) electrons. The molecule has 1 N–H and O–H groups in total. The van der Waals surface area contributed by atoms with Crippen molar-refractivity contribution in [1.29, 1.82) is 0 Å². The lowest BCUT2D eigenvalue weighted by molar-refractivity contribution is 0.623. The standard InChI is InChI=1S/C15H19BrClN3/c1-4-11-8-12(16)6-7-13(11)18-9-14-15(17)10(3)19-20(14)5-2/h6-8,18H,4-5,9H2,1-3H3. The smallest absolute Gasteiger partial charge is 0.0865 e. The lowest BCUT2D eigenvalue weighted by Gasteiger charge is -2.12. The largest absolute Gasteiger partial charge is 0.379 e. The normalized spacial score (nSPS) is 10.8. The molecule has 0 amide bonds. The Bertz CT molecular complexity index is 607. The fourth-order valence-corrected chi connectivity index (χ4v) is 2.85. The Labute approximate surface area is 133 Å². The number of hydrogen-bond donors (Lipinski definition) is 1. The van der Waals surface area contributed by atoms with Crippen LogP contribution < -0.4 is 5.32 Å². The molecule has 0 saturated heterocycles. The molecule has 1 aromatic heterocycles. The summed E-state index contributed by atoms with van der Waals surface area (Å²) in [6.07, 6.45) is 0.988. The van der Waals surface area contributed by atoms with Gasteiger partial charge in [-0.25, -0.2) is 0 Å². The number of hydrogen-bond acceptors (Lipinski definition) is 2. The highest BCUT2D eigenvalue weighted by Crippen LogP contribution is 2.25. The Hall–Kier alpha value is -1.00. The minimum absolute atomic E-state index is 0.683. The first kappa shape index (κ1) is 15.4. The third kappa shape index (κ3) is 3.18. The van der Waals surface area contributed by atoms with Gasteiger partial charge in [0.1, 0.15) is 0 Å². The van der Waals surface area contributed by atoms with E-state index >= 15 is 0 Å². The SMILES string of the molecule is CCc1cc(Br)ccc1NCc1c(Cl)c(C)nn1CC. The van der Waals surface area contributed by atoms with Crippen LogP contribution in [0.4, 0.5) is 5.69 Å². The Morgan fingerprint density at radius 2 is 2.10 bits per heavy atom. The molecule has 1 heterocycles. The first-order valence-corrected chi connectivity index (χ1v) is 7.98. The van der Waals surface area contributed by atoms with Crippen molar-refractivity contribution in [2.24, 2.45) is 0 Å². The van der Waals surface area contributed by atoms with Crippen LogP contribution in [0.3, 0.4) is 0 Å². The van der Waals surface area contributed by atoms with Gasteiger partial charge in [0, 0.05) is 16.7 Å². The molecule has 0 fully saturated rings. The number of benzene rings is 1. The van der Waals surface area contributed by atoms with Crippen molar-refractivity contribution in [2.75, 3.05) is 5.32 Å². The number of aromatic nitrogens is 2. The van der Waals surface area contributed by atoms with Gasteiger partial charge in [-0.3, -0.25) is 4.68 Å². The van der Waals surface area contributed by atoms with Crippen LogP contribution >= 0.6 is 27.5 Å². The molecule has 5 heteroatoms. The molecule has 20 heavy (non-hydrogen) atoms. The molecule has 0 unspecified atom stereocenters. The molecular weight excluding hydrogens is 338 g/mol. The van der Waals surface area contributed by atoms with Crippen LogP contribution in [-0.4, -0.2) is 9.78 Å². The highest BCUT2D eigenvalue weighted by molar-refractivity contribution is 9.10. The van der Waals surface area contributed by atoms with Gasteiger partial charge in [-0.15, -0.1) is 0 Å². The van der Waals surface area contributed by atoms with Gasteiger partial charge in [0.2, 0.25) is 0 Å². The highest BCUT2D eigenvalue weighted by Gasteiger charge is 2.12. The third-order valence-electron chi connectivity index (χ3n) is 3.35. The van der Waals surface area contributed by atoms with E-state index in [1.165, 1.54) is 5.56 Å². The fraction of sp³-hybridized carbons (Fsp3) is 0.400. The highest BCUT2D eigenvalue weighted by atomic mass is 79.9. The van der Waals surface area contributed by atoms with E-state index in [-0.39, 0.29) is 0 Å². The van der Waals surface area contributed by atoms with Gasteiger partial charge in [-0.1, -0.05) is 34.5 Å². The zero-order valence-corrected chi connectivity index (χ0v) is 14.3. The van der Waals surface area contributed by atoms with Crippen LogP contribution in [0.5, 0.6) is 0 Å². The molecule has 108 valence electrons. The van der Waals surface area contributed by atoms with Gasteiger partial charge in [-0.05, 0) is 44.0 Å². The van der Waals surface area contributed by atoms with E-state index in [9.17, 15) is 0 Å². The van der Waals surface area contributed by atoms with E-state index in [1.54, 1.807) is 0 Å². The first-order chi connectivity index (χ1) is 9.56. The zero-order chi connectivity index (χ0) is 14.7. The van der Waals surface area contributed by atoms with Gasteiger partial charge in [0.05, 0.1) is 23.0 Å². The predicted octanol–water partition coefficient (Wildman–Crippen LogP) is 4.80. The summed E-state index contributed by atoms with van der Waals surface area (Å²) in [6, 6.07) is 6.29. The quantitative estimate of drug-likeness (QED) is 0.834. The van der Waals surface area contributed by atoms with E-state index in [0.717, 1.165) is 39.5 Å². The summed E-state index contributed by atoms with van der Waals surface area (Å²) in [7, 11) is 0. The van der Waals surface area contributed by atoms with Crippen LogP contribution in [-0.2, 0) is 19.5 Å². The molecule has 0 saturated carbocycles. The van der Waals surface area contributed by atoms with E-state index < -0.39 is 0 Å². The van der Waals surface area contributed by atoms with Gasteiger partial charge < -0.3 is 5.32 Å². The van der Waals surface area contributed by atoms with Crippen LogP contribution in [0.25, 0.3) is 0 Å². The maximum absolute atomic E-state index is 6.33. The number of nitrogens with zero attached hydrogens (tertiary/aromatic N) is 2. The van der Waals surface area contributed by atoms with Crippen molar-refractivity contribution in [1.82, 2.24) is 9.78 Å². The monoisotopic (exact) mass is 355 g/mol. The summed E-state index contributed by atoms with van der Waals surface area (Å²) >= 11 is 9.83. The van der Waals surface area contributed by atoms with Crippen LogP contribution in [0, 0.1) is 6.92 Å². The molecule has 0 aliphatic rings. The Kier molecular flexibility index (Phi) is 5.11. The molecule has 2 aromatic rings. The molecule has 3 nitrogen and oxygen atoms in total. The van der Waals surface area contributed by atoms with E-state index in [1.807, 2.05) is 17.7 Å². The zero-order valence-electron chi connectivity index (χ0n) is 12.0. The number of rotatable bonds is 5. The lowest BCUT2D eigenvalue weighted by Crippen LogP contribution is -2.09. The minimum atomic E-state index is 0.683. The predicted molar refractivity (Wildman–Crippen MR) is 88.5 cm³/mol. The molecule has 0 bridgehead atoms. The van der Waals surface area contributed by atoms with Crippen LogP contribution in [0.15, 0.2) is 22.7 Å². The van der Waals surface area contributed by atoms with Crippen molar-refractivity contribution in [2.45, 2.75) is 40.3 Å². The van der Waals surface area contributed by atoms with Crippen molar-refractivity contribution in [3.05, 3.63) is 44.6 Å². The third-order valence-corrected chi connectivity index (χ3v) is 4.33. The molecule has 0 atom stereocenters. The van der Waals surface area contributed by atoms with E-state index in [0.29, 0.717) is 6.54 Å². The topological polar surface area (TPSA) is 29.9 Å².